The number of unbranched alkanes of at least 4 members (excludes halogenated alkanes) is 32. The van der Waals surface area contributed by atoms with Crippen molar-refractivity contribution >= 4 is 0 Å². The van der Waals surface area contributed by atoms with E-state index in [0.29, 0.717) is 0 Å². The lowest BCUT2D eigenvalue weighted by Crippen LogP contribution is -2.46. The predicted molar refractivity (Wildman–Crippen MR) is 197 cm³/mol. The molecule has 1 heterocycles. The molecule has 0 atom stereocenters. The molecule has 1 aliphatic rings. The number of hydrogen-bond donors (Lipinski definition) is 0. The van der Waals surface area contributed by atoms with E-state index in [1.165, 1.54) is 262 Å². The first kappa shape index (κ1) is 41.0. The molecule has 0 aromatic heterocycles. The minimum Gasteiger partial charge on any atom is -0.324 e. The Hall–Kier alpha value is -0.0400. The average molecular weight is 605 g/mol. The number of quaternary nitrogens is 1. The van der Waals surface area contributed by atoms with E-state index >= 15 is 0 Å². The summed E-state index contributed by atoms with van der Waals surface area (Å²) in [6.07, 6.45) is 53.4. The lowest BCUT2D eigenvalue weighted by Gasteiger charge is -2.34. The molecule has 1 heteroatoms. The van der Waals surface area contributed by atoms with Gasteiger partial charge in [0.05, 0.1) is 26.2 Å². The van der Waals surface area contributed by atoms with Crippen LogP contribution in [-0.4, -0.2) is 30.7 Å². The predicted octanol–water partition coefficient (Wildman–Crippen LogP) is 14.9. The van der Waals surface area contributed by atoms with Crippen molar-refractivity contribution in [1.82, 2.24) is 0 Å². The normalized spacial score (nSPS) is 14.7. The standard InChI is InChI=1S/C42H86N/c1-3-5-7-9-11-13-15-17-19-21-23-25-27-29-31-33-35-39-43(41-37-38-42-43)40-36-34-32-30-28-26-24-22-20-18-16-14-12-10-8-6-4-2/h3-42H2,1-2H3/q+1. The second-order valence-corrected chi connectivity index (χ2v) is 15.3. The minimum atomic E-state index is 1.37. The topological polar surface area (TPSA) is 0 Å². The summed E-state index contributed by atoms with van der Waals surface area (Å²) in [7, 11) is 0. The third kappa shape index (κ3) is 28.0. The highest BCUT2D eigenvalue weighted by molar-refractivity contribution is 4.58. The zero-order valence-corrected chi connectivity index (χ0v) is 30.7. The van der Waals surface area contributed by atoms with Crippen molar-refractivity contribution in [3.8, 4) is 0 Å². The summed E-state index contributed by atoms with van der Waals surface area (Å²) in [6.45, 7) is 10.6. The molecule has 0 N–H and O–H groups in total. The molecular formula is C42H86N+. The highest BCUT2D eigenvalue weighted by Gasteiger charge is 2.30. The molecule has 0 aromatic rings. The van der Waals surface area contributed by atoms with Crippen molar-refractivity contribution in [2.24, 2.45) is 0 Å². The highest BCUT2D eigenvalue weighted by Crippen LogP contribution is 2.23. The third-order valence-electron chi connectivity index (χ3n) is 11.0. The van der Waals surface area contributed by atoms with Gasteiger partial charge < -0.3 is 4.48 Å². The fourth-order valence-corrected chi connectivity index (χ4v) is 7.91. The van der Waals surface area contributed by atoms with Crippen molar-refractivity contribution in [3.05, 3.63) is 0 Å². The number of nitrogens with zero attached hydrogens (tertiary/aromatic N) is 1. The third-order valence-corrected chi connectivity index (χ3v) is 11.0. The van der Waals surface area contributed by atoms with Gasteiger partial charge in [0, 0.05) is 12.8 Å². The molecule has 258 valence electrons. The molecule has 0 saturated carbocycles. The van der Waals surface area contributed by atoms with Crippen LogP contribution in [-0.2, 0) is 0 Å². The molecule has 1 fully saturated rings. The van der Waals surface area contributed by atoms with Crippen molar-refractivity contribution in [2.75, 3.05) is 26.2 Å². The van der Waals surface area contributed by atoms with E-state index in [-0.39, 0.29) is 0 Å². The quantitative estimate of drug-likeness (QED) is 0.0493. The van der Waals surface area contributed by atoms with Gasteiger partial charge in [-0.25, -0.2) is 0 Å². The fraction of sp³-hybridized carbons (Fsp3) is 1.00. The molecule has 0 spiro atoms. The second-order valence-electron chi connectivity index (χ2n) is 15.3. The molecule has 0 amide bonds. The van der Waals surface area contributed by atoms with E-state index in [1.54, 1.807) is 0 Å². The summed E-state index contributed by atoms with van der Waals surface area (Å²) in [6, 6.07) is 0. The van der Waals surface area contributed by atoms with Crippen LogP contribution in [0.3, 0.4) is 0 Å². The van der Waals surface area contributed by atoms with E-state index in [4.69, 9.17) is 0 Å². The van der Waals surface area contributed by atoms with Gasteiger partial charge in [0.15, 0.2) is 0 Å². The molecule has 0 aliphatic carbocycles. The minimum absolute atomic E-state index is 1.37. The van der Waals surface area contributed by atoms with Crippen LogP contribution < -0.4 is 0 Å². The Morgan fingerprint density at radius 2 is 0.442 bits per heavy atom. The van der Waals surface area contributed by atoms with Crippen LogP contribution in [0.4, 0.5) is 0 Å². The van der Waals surface area contributed by atoms with Crippen molar-refractivity contribution in [1.29, 1.82) is 0 Å². The smallest absolute Gasteiger partial charge is 0.0788 e. The van der Waals surface area contributed by atoms with Gasteiger partial charge in [-0.2, -0.15) is 0 Å². The Kier molecular flexibility index (Phi) is 31.8. The summed E-state index contributed by atoms with van der Waals surface area (Å²) in [4.78, 5) is 0. The molecule has 43 heavy (non-hydrogen) atoms. The molecule has 1 rings (SSSR count). The molecular weight excluding hydrogens is 518 g/mol. The lowest BCUT2D eigenvalue weighted by atomic mass is 10.0. The SMILES string of the molecule is CCCCCCCCCCCCCCCCCCC[N+]1(CCCCCCCCCCCCCCCCCCC)CCCC1. The van der Waals surface area contributed by atoms with E-state index in [9.17, 15) is 0 Å². The number of likely N-dealkylation sites (tertiary alicyclic amines) is 1. The van der Waals surface area contributed by atoms with Gasteiger partial charge in [-0.1, -0.05) is 206 Å². The molecule has 1 saturated heterocycles. The Morgan fingerprint density at radius 3 is 0.651 bits per heavy atom. The first-order chi connectivity index (χ1) is 21.3. The Labute approximate surface area is 275 Å². The van der Waals surface area contributed by atoms with Crippen LogP contribution >= 0.6 is 0 Å². The number of hydrogen-bond acceptors (Lipinski definition) is 0. The Bertz CT molecular complexity index is 467. The first-order valence-electron chi connectivity index (χ1n) is 21.2. The van der Waals surface area contributed by atoms with Gasteiger partial charge in [0.1, 0.15) is 0 Å². The maximum absolute atomic E-state index is 2.31. The summed E-state index contributed by atoms with van der Waals surface area (Å²) in [5, 5.41) is 0. The van der Waals surface area contributed by atoms with Gasteiger partial charge >= 0.3 is 0 Å². The molecule has 0 aromatic carbocycles. The van der Waals surface area contributed by atoms with E-state index in [0.717, 1.165) is 0 Å². The maximum atomic E-state index is 2.31. The van der Waals surface area contributed by atoms with Crippen LogP contribution in [0.5, 0.6) is 0 Å². The van der Waals surface area contributed by atoms with Crippen LogP contribution in [0.15, 0.2) is 0 Å². The van der Waals surface area contributed by atoms with Crippen LogP contribution in [0.2, 0.25) is 0 Å². The zero-order valence-electron chi connectivity index (χ0n) is 30.7. The first-order valence-corrected chi connectivity index (χ1v) is 21.2. The Balaban J connectivity index is 1.83. The molecule has 0 radical (unpaired) electrons. The summed E-state index contributed by atoms with van der Waals surface area (Å²) < 4.78 is 1.50. The van der Waals surface area contributed by atoms with Crippen molar-refractivity contribution < 1.29 is 4.48 Å². The van der Waals surface area contributed by atoms with E-state index < -0.39 is 0 Å². The molecule has 1 nitrogen and oxygen atoms in total. The average Bonchev–Trinajstić information content (AvgIpc) is 3.49. The number of rotatable bonds is 36. The zero-order chi connectivity index (χ0) is 30.8. The summed E-state index contributed by atoms with van der Waals surface area (Å²) >= 11 is 0. The fourth-order valence-electron chi connectivity index (χ4n) is 7.91. The molecule has 0 unspecified atom stereocenters. The largest absolute Gasteiger partial charge is 0.324 e. The molecule has 0 bridgehead atoms. The van der Waals surface area contributed by atoms with Crippen LogP contribution in [0.1, 0.15) is 245 Å². The monoisotopic (exact) mass is 605 g/mol. The summed E-state index contributed by atoms with van der Waals surface area (Å²) in [5.41, 5.74) is 0. The van der Waals surface area contributed by atoms with Crippen LogP contribution in [0, 0.1) is 0 Å². The molecule has 1 aliphatic heterocycles. The van der Waals surface area contributed by atoms with Gasteiger partial charge in [-0.3, -0.25) is 0 Å². The Morgan fingerprint density at radius 1 is 0.256 bits per heavy atom. The van der Waals surface area contributed by atoms with E-state index in [2.05, 4.69) is 13.8 Å². The highest BCUT2D eigenvalue weighted by atomic mass is 15.4. The lowest BCUT2D eigenvalue weighted by molar-refractivity contribution is -0.917. The van der Waals surface area contributed by atoms with Gasteiger partial charge in [0.25, 0.3) is 0 Å². The van der Waals surface area contributed by atoms with Gasteiger partial charge in [0.2, 0.25) is 0 Å². The van der Waals surface area contributed by atoms with Gasteiger partial charge in [-0.05, 0) is 25.7 Å². The van der Waals surface area contributed by atoms with Gasteiger partial charge in [-0.15, -0.1) is 0 Å². The van der Waals surface area contributed by atoms with Crippen LogP contribution in [0.25, 0.3) is 0 Å². The van der Waals surface area contributed by atoms with Crippen molar-refractivity contribution in [2.45, 2.75) is 245 Å². The maximum Gasteiger partial charge on any atom is 0.0788 e. The van der Waals surface area contributed by atoms with E-state index in [1.807, 2.05) is 0 Å². The second kappa shape index (κ2) is 33.3. The summed E-state index contributed by atoms with van der Waals surface area (Å²) in [5.74, 6) is 0. The van der Waals surface area contributed by atoms with Crippen molar-refractivity contribution in [3.63, 3.8) is 0 Å².